The second kappa shape index (κ2) is 6.59. The summed E-state index contributed by atoms with van der Waals surface area (Å²) in [7, 11) is 0. The van der Waals surface area contributed by atoms with Gasteiger partial charge in [-0.2, -0.15) is 0 Å². The van der Waals surface area contributed by atoms with Crippen molar-refractivity contribution in [2.75, 3.05) is 0 Å². The first-order valence-corrected chi connectivity index (χ1v) is 4.41. The van der Waals surface area contributed by atoms with Crippen molar-refractivity contribution in [2.24, 2.45) is 17.8 Å². The topological polar surface area (TPSA) is 0 Å². The van der Waals surface area contributed by atoms with Crippen molar-refractivity contribution in [3.63, 3.8) is 0 Å². The maximum Gasteiger partial charge on any atom is 2.00 e. The monoisotopic (exact) mass is 282 g/mol. The normalized spacial score (nSPS) is 19.0. The molecule has 0 spiro atoms. The number of rotatable bonds is 2. The summed E-state index contributed by atoms with van der Waals surface area (Å²) in [6, 6.07) is 0. The molecule has 0 amide bonds. The van der Waals surface area contributed by atoms with E-state index in [1.165, 1.54) is 0 Å². The molecule has 0 heterocycles. The van der Waals surface area contributed by atoms with Crippen LogP contribution in [0, 0.1) is 24.7 Å². The average molecular weight is 284 g/mol. The largest absolute Gasteiger partial charge is 2.00 e. The average Bonchev–Trinajstić information content (AvgIpc) is 2.77. The summed E-state index contributed by atoms with van der Waals surface area (Å²) in [4.78, 5) is 0. The summed E-state index contributed by atoms with van der Waals surface area (Å²) < 4.78 is 0. The molecule has 0 aromatic carbocycles. The molecule has 2 rings (SSSR count). The van der Waals surface area contributed by atoms with Gasteiger partial charge in [0, 0.05) is 0 Å². The third-order valence-corrected chi connectivity index (χ3v) is 2.54. The number of hydrogen-bond acceptors (Lipinski definition) is 0. The van der Waals surface area contributed by atoms with E-state index in [0.29, 0.717) is 17.8 Å². The molecule has 0 N–H and O–H groups in total. The molecule has 0 aromatic heterocycles. The third-order valence-electron chi connectivity index (χ3n) is 2.54. The van der Waals surface area contributed by atoms with E-state index >= 15 is 0 Å². The van der Waals surface area contributed by atoms with Crippen LogP contribution in [-0.2, 0) is 26.2 Å². The predicted molar refractivity (Wildman–Crippen MR) is 52.4 cm³/mol. The molecule has 0 nitrogen and oxygen atoms in total. The van der Waals surface area contributed by atoms with E-state index in [2.05, 4.69) is 55.5 Å². The summed E-state index contributed by atoms with van der Waals surface area (Å²) >= 11 is 0. The Labute approximate surface area is 111 Å². The Hall–Kier alpha value is 0.133. The van der Waals surface area contributed by atoms with Crippen LogP contribution in [-0.4, -0.2) is 0 Å². The molecular weight excluding hydrogens is 271 g/mol. The first kappa shape index (κ1) is 14.1. The number of halogens is 1. The molecule has 0 atom stereocenters. The van der Waals surface area contributed by atoms with E-state index in [0.717, 1.165) is 0 Å². The third kappa shape index (κ3) is 3.07. The fraction of sp³-hybridized carbons (Fsp3) is 0.250. The Balaban J connectivity index is 0.000000845. The van der Waals surface area contributed by atoms with Crippen LogP contribution < -0.4 is 12.4 Å². The van der Waals surface area contributed by atoms with Gasteiger partial charge >= 0.3 is 26.2 Å². The van der Waals surface area contributed by atoms with E-state index < -0.39 is 0 Å². The van der Waals surface area contributed by atoms with Gasteiger partial charge in [0.2, 0.25) is 0 Å². The molecule has 0 bridgehead atoms. The summed E-state index contributed by atoms with van der Waals surface area (Å²) in [5.74, 6) is 1.51. The molecule has 14 heavy (non-hydrogen) atoms. The minimum absolute atomic E-state index is 0. The minimum Gasteiger partial charge on any atom is -1.00 e. The molecule has 0 radical (unpaired) electrons. The fourth-order valence-corrected chi connectivity index (χ4v) is 1.73. The molecule has 0 aromatic rings. The molecule has 0 saturated heterocycles. The molecule has 0 aliphatic heterocycles. The minimum atomic E-state index is 0. The van der Waals surface area contributed by atoms with Gasteiger partial charge in [0.1, 0.15) is 0 Å². The molecular formula is C12H13ClZr. The molecule has 2 aliphatic carbocycles. The van der Waals surface area contributed by atoms with Crippen molar-refractivity contribution in [3.8, 4) is 0 Å². The van der Waals surface area contributed by atoms with Crippen LogP contribution in [0.15, 0.2) is 48.6 Å². The molecule has 2 heteroatoms. The zero-order chi connectivity index (χ0) is 8.39. The zero-order valence-corrected chi connectivity index (χ0v) is 11.1. The first-order chi connectivity index (χ1) is 5.88. The summed E-state index contributed by atoms with van der Waals surface area (Å²) in [5, 5.41) is 0. The molecule has 0 fully saturated rings. The second-order valence-corrected chi connectivity index (χ2v) is 3.36. The maximum absolute atomic E-state index is 4.20. The van der Waals surface area contributed by atoms with Crippen molar-refractivity contribution in [3.05, 3.63) is 55.5 Å². The van der Waals surface area contributed by atoms with Gasteiger partial charge in [0.05, 0.1) is 0 Å². The predicted octanol–water partition coefficient (Wildman–Crippen LogP) is -0.0774. The van der Waals surface area contributed by atoms with Crippen molar-refractivity contribution in [1.82, 2.24) is 0 Å². The smallest absolute Gasteiger partial charge is 1.00 e. The van der Waals surface area contributed by atoms with Crippen LogP contribution in [0.2, 0.25) is 0 Å². The summed E-state index contributed by atoms with van der Waals surface area (Å²) in [5.41, 5.74) is 0. The van der Waals surface area contributed by atoms with E-state index in [-0.39, 0.29) is 38.6 Å². The van der Waals surface area contributed by atoms with Gasteiger partial charge in [-0.3, -0.25) is 0 Å². The van der Waals surface area contributed by atoms with Crippen LogP contribution in [0.1, 0.15) is 0 Å². The standard InChI is InChI=1S/C12H13.ClH.Zr/c1-10(11-6-2-3-7-11)12-8-4-5-9-12;;/h2-12H,1H2;1H;/q-1;;+2/p-1. The molecule has 72 valence electrons. The van der Waals surface area contributed by atoms with Gasteiger partial charge in [-0.05, 0) is 11.8 Å². The maximum atomic E-state index is 4.20. The van der Waals surface area contributed by atoms with E-state index in [1.807, 2.05) is 0 Å². The number of allylic oxidation sites excluding steroid dienone is 8. The van der Waals surface area contributed by atoms with Crippen LogP contribution in [0.3, 0.4) is 0 Å². The SMILES string of the molecule is [CH2-]C(C1C=CC=C1)C1C=CC=C1.[Cl-].[Zr+2]. The Kier molecular flexibility index (Phi) is 6.65. The second-order valence-electron chi connectivity index (χ2n) is 3.36. The van der Waals surface area contributed by atoms with Crippen molar-refractivity contribution in [2.45, 2.75) is 0 Å². The van der Waals surface area contributed by atoms with E-state index in [4.69, 9.17) is 0 Å². The van der Waals surface area contributed by atoms with Crippen LogP contribution in [0.4, 0.5) is 0 Å². The molecule has 0 unspecified atom stereocenters. The quantitative estimate of drug-likeness (QED) is 0.622. The van der Waals surface area contributed by atoms with Crippen LogP contribution >= 0.6 is 0 Å². The summed E-state index contributed by atoms with van der Waals surface area (Å²) in [6.07, 6.45) is 17.3. The van der Waals surface area contributed by atoms with E-state index in [9.17, 15) is 0 Å². The van der Waals surface area contributed by atoms with Crippen molar-refractivity contribution in [1.29, 1.82) is 0 Å². The van der Waals surface area contributed by atoms with E-state index in [1.54, 1.807) is 0 Å². The fourth-order valence-electron chi connectivity index (χ4n) is 1.73. The van der Waals surface area contributed by atoms with Gasteiger partial charge < -0.3 is 19.3 Å². The van der Waals surface area contributed by atoms with Gasteiger partial charge in [-0.15, -0.1) is 5.92 Å². The van der Waals surface area contributed by atoms with Gasteiger partial charge in [-0.25, -0.2) is 0 Å². The van der Waals surface area contributed by atoms with Gasteiger partial charge in [0.25, 0.3) is 0 Å². The Morgan fingerprint density at radius 1 is 0.786 bits per heavy atom. The van der Waals surface area contributed by atoms with Crippen molar-refractivity contribution < 1.29 is 38.6 Å². The van der Waals surface area contributed by atoms with Crippen LogP contribution in [0.5, 0.6) is 0 Å². The van der Waals surface area contributed by atoms with Crippen LogP contribution in [0.25, 0.3) is 0 Å². The molecule has 0 saturated carbocycles. The number of hydrogen-bond donors (Lipinski definition) is 0. The molecule has 2 aliphatic rings. The van der Waals surface area contributed by atoms with Crippen molar-refractivity contribution >= 4 is 0 Å². The van der Waals surface area contributed by atoms with Gasteiger partial charge in [-0.1, -0.05) is 48.6 Å². The Morgan fingerprint density at radius 2 is 1.07 bits per heavy atom. The van der Waals surface area contributed by atoms with Gasteiger partial charge in [0.15, 0.2) is 0 Å². The first-order valence-electron chi connectivity index (χ1n) is 4.41. The summed E-state index contributed by atoms with van der Waals surface area (Å²) in [6.45, 7) is 4.20. The zero-order valence-electron chi connectivity index (χ0n) is 7.94. The Morgan fingerprint density at radius 3 is 1.36 bits per heavy atom. The Bertz CT molecular complexity index is 224.